The van der Waals surface area contributed by atoms with Crippen LogP contribution in [0.4, 0.5) is 0 Å². The van der Waals surface area contributed by atoms with E-state index < -0.39 is 17.2 Å². The Morgan fingerprint density at radius 2 is 1.83 bits per heavy atom. The fourth-order valence-electron chi connectivity index (χ4n) is 3.44. The molecule has 0 aliphatic carbocycles. The molecule has 0 aliphatic heterocycles. The van der Waals surface area contributed by atoms with Crippen LogP contribution in [0.1, 0.15) is 17.3 Å². The third-order valence-corrected chi connectivity index (χ3v) is 4.98. The molecule has 3 N–H and O–H groups in total. The van der Waals surface area contributed by atoms with Crippen molar-refractivity contribution in [3.63, 3.8) is 0 Å². The smallest absolute Gasteiger partial charge is 0.267 e. The van der Waals surface area contributed by atoms with Crippen LogP contribution >= 0.6 is 0 Å². The van der Waals surface area contributed by atoms with Gasteiger partial charge in [-0.1, -0.05) is 12.1 Å². The van der Waals surface area contributed by atoms with Crippen LogP contribution in [0, 0.1) is 0 Å². The van der Waals surface area contributed by atoms with Gasteiger partial charge in [0, 0.05) is 24.1 Å². The number of aromatic hydroxyl groups is 1. The van der Waals surface area contributed by atoms with Crippen molar-refractivity contribution in [3.05, 3.63) is 64.6 Å². The van der Waals surface area contributed by atoms with Gasteiger partial charge in [-0.15, -0.1) is 0 Å². The first kappa shape index (κ1) is 18.5. The molecule has 0 spiro atoms. The Morgan fingerprint density at radius 3 is 2.59 bits per heavy atom. The highest BCUT2D eigenvalue weighted by Crippen LogP contribution is 2.31. The molecular weight excluding hydrogens is 370 g/mol. The van der Waals surface area contributed by atoms with Crippen molar-refractivity contribution in [2.24, 2.45) is 7.05 Å². The molecule has 29 heavy (non-hydrogen) atoms. The number of ketones is 1. The fourth-order valence-corrected chi connectivity index (χ4v) is 3.44. The van der Waals surface area contributed by atoms with Crippen molar-refractivity contribution in [2.75, 3.05) is 6.54 Å². The minimum absolute atomic E-state index is 0.212. The van der Waals surface area contributed by atoms with E-state index in [1.807, 2.05) is 36.5 Å². The number of hydrogen-bond donors (Lipinski definition) is 3. The lowest BCUT2D eigenvalue weighted by Crippen LogP contribution is -2.34. The number of aromatic nitrogens is 2. The molecule has 2 heterocycles. The number of amides is 1. The van der Waals surface area contributed by atoms with Gasteiger partial charge < -0.3 is 20.0 Å². The molecule has 7 nitrogen and oxygen atoms in total. The number of rotatable bonds is 4. The summed E-state index contributed by atoms with van der Waals surface area (Å²) in [4.78, 5) is 39.3. The van der Waals surface area contributed by atoms with Crippen molar-refractivity contribution < 1.29 is 14.7 Å². The summed E-state index contributed by atoms with van der Waals surface area (Å²) < 4.78 is 1.32. The predicted molar refractivity (Wildman–Crippen MR) is 111 cm³/mol. The Hall–Kier alpha value is -3.87. The zero-order valence-electron chi connectivity index (χ0n) is 15.9. The molecule has 7 heteroatoms. The lowest BCUT2D eigenvalue weighted by atomic mass is 10.0. The van der Waals surface area contributed by atoms with Gasteiger partial charge in [0.2, 0.25) is 0 Å². The van der Waals surface area contributed by atoms with Gasteiger partial charge in [-0.25, -0.2) is 0 Å². The number of pyridine rings is 1. The minimum atomic E-state index is -0.778. The fraction of sp³-hybridized carbons (Fsp3) is 0.136. The molecule has 0 atom stereocenters. The molecule has 2 aromatic carbocycles. The van der Waals surface area contributed by atoms with E-state index in [2.05, 4.69) is 10.3 Å². The van der Waals surface area contributed by atoms with Crippen molar-refractivity contribution in [1.29, 1.82) is 0 Å². The molecule has 0 fully saturated rings. The molecule has 1 amide bonds. The first-order valence-corrected chi connectivity index (χ1v) is 9.07. The first-order valence-electron chi connectivity index (χ1n) is 9.07. The maximum absolute atomic E-state index is 12.6. The summed E-state index contributed by atoms with van der Waals surface area (Å²) in [5.74, 6) is -1.43. The molecule has 0 bridgehead atoms. The largest absolute Gasteiger partial charge is 0.506 e. The van der Waals surface area contributed by atoms with E-state index in [9.17, 15) is 19.5 Å². The van der Waals surface area contributed by atoms with E-state index >= 15 is 0 Å². The number of Topliss-reactive ketones (excluding diaryl/α,β-unsaturated/α-hetero) is 1. The highest BCUT2D eigenvalue weighted by atomic mass is 16.3. The van der Waals surface area contributed by atoms with Crippen LogP contribution in [0.5, 0.6) is 5.75 Å². The van der Waals surface area contributed by atoms with Crippen LogP contribution in [0.3, 0.4) is 0 Å². The maximum Gasteiger partial charge on any atom is 0.267 e. The summed E-state index contributed by atoms with van der Waals surface area (Å²) in [6.45, 7) is 1.11. The highest BCUT2D eigenvalue weighted by molar-refractivity contribution is 6.04. The lowest BCUT2D eigenvalue weighted by Gasteiger charge is -2.13. The summed E-state index contributed by atoms with van der Waals surface area (Å²) in [6.07, 6.45) is 1.86. The topological polar surface area (TPSA) is 104 Å². The monoisotopic (exact) mass is 389 g/mol. The molecular formula is C22H19N3O4. The zero-order chi connectivity index (χ0) is 20.7. The molecule has 0 aliphatic rings. The Bertz CT molecular complexity index is 1350. The predicted octanol–water partition coefficient (Wildman–Crippen LogP) is 2.71. The SMILES string of the molecule is CC(=O)CNC(=O)c1c(O)c2cc(-c3ccc4[nH]ccc4c3)ccc2n(C)c1=O. The number of carbonyl (C=O) groups excluding carboxylic acids is 2. The second kappa shape index (κ2) is 6.94. The van der Waals surface area contributed by atoms with Crippen molar-refractivity contribution >= 4 is 33.5 Å². The third kappa shape index (κ3) is 3.16. The van der Waals surface area contributed by atoms with E-state index in [0.717, 1.165) is 22.0 Å². The van der Waals surface area contributed by atoms with Crippen LogP contribution in [-0.2, 0) is 11.8 Å². The van der Waals surface area contributed by atoms with Crippen LogP contribution in [-0.4, -0.2) is 32.9 Å². The van der Waals surface area contributed by atoms with E-state index in [4.69, 9.17) is 0 Å². The van der Waals surface area contributed by atoms with Crippen LogP contribution in [0.2, 0.25) is 0 Å². The molecule has 0 saturated heterocycles. The Balaban J connectivity index is 1.88. The van der Waals surface area contributed by atoms with Gasteiger partial charge in [0.1, 0.15) is 17.1 Å². The number of aryl methyl sites for hydroxylation is 1. The summed E-state index contributed by atoms with van der Waals surface area (Å²) >= 11 is 0. The molecule has 0 unspecified atom stereocenters. The summed E-state index contributed by atoms with van der Waals surface area (Å²) in [5, 5.41) is 14.5. The Labute approximate surface area is 165 Å². The van der Waals surface area contributed by atoms with E-state index in [1.165, 1.54) is 18.5 Å². The average Bonchev–Trinajstić information content (AvgIpc) is 3.18. The van der Waals surface area contributed by atoms with Crippen molar-refractivity contribution in [3.8, 4) is 16.9 Å². The van der Waals surface area contributed by atoms with Crippen molar-refractivity contribution in [2.45, 2.75) is 6.92 Å². The summed E-state index contributed by atoms with van der Waals surface area (Å²) in [6, 6.07) is 13.3. The van der Waals surface area contributed by atoms with Crippen LogP contribution < -0.4 is 10.9 Å². The number of benzene rings is 2. The average molecular weight is 389 g/mol. The number of aromatic amines is 1. The highest BCUT2D eigenvalue weighted by Gasteiger charge is 2.21. The molecule has 146 valence electrons. The normalized spacial score (nSPS) is 11.1. The summed E-state index contributed by atoms with van der Waals surface area (Å²) in [7, 11) is 1.54. The van der Waals surface area contributed by atoms with Gasteiger partial charge in [-0.2, -0.15) is 0 Å². The lowest BCUT2D eigenvalue weighted by molar-refractivity contribution is -0.116. The number of H-pyrrole nitrogens is 1. The van der Waals surface area contributed by atoms with Crippen molar-refractivity contribution in [1.82, 2.24) is 14.9 Å². The van der Waals surface area contributed by atoms with Crippen LogP contribution in [0.25, 0.3) is 32.9 Å². The van der Waals surface area contributed by atoms with E-state index in [0.29, 0.717) is 10.9 Å². The second-order valence-electron chi connectivity index (χ2n) is 6.98. The third-order valence-electron chi connectivity index (χ3n) is 4.98. The number of nitrogens with zero attached hydrogens (tertiary/aromatic N) is 1. The number of carbonyl (C=O) groups is 2. The number of hydrogen-bond acceptors (Lipinski definition) is 4. The zero-order valence-corrected chi connectivity index (χ0v) is 15.9. The number of nitrogens with one attached hydrogen (secondary N) is 2. The molecule has 4 aromatic rings. The van der Waals surface area contributed by atoms with Gasteiger partial charge in [0.15, 0.2) is 0 Å². The van der Waals surface area contributed by atoms with Gasteiger partial charge in [-0.3, -0.25) is 14.4 Å². The minimum Gasteiger partial charge on any atom is -0.506 e. The molecule has 0 saturated carbocycles. The maximum atomic E-state index is 12.6. The summed E-state index contributed by atoms with van der Waals surface area (Å²) in [5.41, 5.74) is 2.29. The quantitative estimate of drug-likeness (QED) is 0.499. The second-order valence-corrected chi connectivity index (χ2v) is 6.98. The standard InChI is InChI=1S/C22H19N3O4/c1-12(26)11-24-21(28)19-20(27)16-10-14(4-6-18(16)25(2)22(19)29)13-3-5-17-15(9-13)7-8-23-17/h3-10,23,27H,11H2,1-2H3,(H,24,28). The van der Waals surface area contributed by atoms with Gasteiger partial charge >= 0.3 is 0 Å². The number of fused-ring (bicyclic) bond motifs is 2. The Kier molecular flexibility index (Phi) is 4.43. The van der Waals surface area contributed by atoms with Gasteiger partial charge in [0.25, 0.3) is 11.5 Å². The van der Waals surface area contributed by atoms with E-state index in [1.54, 1.807) is 12.1 Å². The van der Waals surface area contributed by atoms with Gasteiger partial charge in [-0.05, 0) is 53.8 Å². The van der Waals surface area contributed by atoms with Gasteiger partial charge in [0.05, 0.1) is 12.1 Å². The van der Waals surface area contributed by atoms with E-state index in [-0.39, 0.29) is 17.9 Å². The molecule has 2 aromatic heterocycles. The molecule has 4 rings (SSSR count). The first-order chi connectivity index (χ1) is 13.9. The molecule has 0 radical (unpaired) electrons. The van der Waals surface area contributed by atoms with Crippen LogP contribution in [0.15, 0.2) is 53.5 Å². The Morgan fingerprint density at radius 1 is 1.10 bits per heavy atom.